The van der Waals surface area contributed by atoms with Gasteiger partial charge >= 0.3 is 0 Å². The number of nitrogens with one attached hydrogen (secondary N) is 1. The van der Waals surface area contributed by atoms with Crippen molar-refractivity contribution in [2.45, 2.75) is 46.7 Å². The molecule has 0 saturated heterocycles. The maximum Gasteiger partial charge on any atom is 0.243 e. The average molecular weight is 419 g/mol. The predicted molar refractivity (Wildman–Crippen MR) is 117 cm³/mol. The van der Waals surface area contributed by atoms with Crippen LogP contribution in [0.5, 0.6) is 5.75 Å². The molecule has 1 N–H and O–H groups in total. The third-order valence-electron chi connectivity index (χ3n) is 4.46. The SMILES string of the molecule is Cc1ccc(OCC(C)NC(=O)C(C)N(c2cc(C)cc(C)c2)S(C)(=O)=O)cc1. The molecule has 0 heterocycles. The van der Waals surface area contributed by atoms with Gasteiger partial charge in [0.25, 0.3) is 0 Å². The summed E-state index contributed by atoms with van der Waals surface area (Å²) in [5.74, 6) is 0.340. The molecule has 2 rings (SSSR count). The Morgan fingerprint density at radius 1 is 1.00 bits per heavy atom. The molecule has 2 unspecified atom stereocenters. The Hall–Kier alpha value is -2.54. The Morgan fingerprint density at radius 2 is 1.55 bits per heavy atom. The van der Waals surface area contributed by atoms with Gasteiger partial charge in [0.1, 0.15) is 18.4 Å². The van der Waals surface area contributed by atoms with Gasteiger partial charge in [-0.15, -0.1) is 0 Å². The number of sulfonamides is 1. The van der Waals surface area contributed by atoms with Crippen LogP contribution in [-0.4, -0.2) is 39.3 Å². The third kappa shape index (κ3) is 6.49. The van der Waals surface area contributed by atoms with Crippen molar-refractivity contribution in [3.63, 3.8) is 0 Å². The Bertz CT molecular complexity index is 935. The summed E-state index contributed by atoms with van der Waals surface area (Å²) in [6.07, 6.45) is 1.11. The zero-order chi connectivity index (χ0) is 21.8. The van der Waals surface area contributed by atoms with Crippen molar-refractivity contribution in [2.75, 3.05) is 17.2 Å². The molecule has 2 aromatic rings. The summed E-state index contributed by atoms with van der Waals surface area (Å²) in [5, 5.41) is 2.84. The van der Waals surface area contributed by atoms with E-state index in [-0.39, 0.29) is 18.6 Å². The maximum absolute atomic E-state index is 12.8. The standard InChI is InChI=1S/C22H30N2O4S/c1-15-7-9-21(10-8-15)28-14-18(4)23-22(25)19(5)24(29(6,26)27)20-12-16(2)11-17(3)13-20/h7-13,18-19H,14H2,1-6H3,(H,23,25). The van der Waals surface area contributed by atoms with Gasteiger partial charge in [0.2, 0.25) is 15.9 Å². The van der Waals surface area contributed by atoms with Crippen LogP contribution in [0.1, 0.15) is 30.5 Å². The van der Waals surface area contributed by atoms with E-state index in [1.807, 2.05) is 58.0 Å². The quantitative estimate of drug-likeness (QED) is 0.713. The summed E-state index contributed by atoms with van der Waals surface area (Å²) >= 11 is 0. The normalized spacial score (nSPS) is 13.4. The van der Waals surface area contributed by atoms with Crippen LogP contribution in [0.4, 0.5) is 5.69 Å². The van der Waals surface area contributed by atoms with Crippen molar-refractivity contribution in [1.29, 1.82) is 0 Å². The van der Waals surface area contributed by atoms with Gasteiger partial charge in [0, 0.05) is 0 Å². The minimum atomic E-state index is -3.65. The fraction of sp³-hybridized carbons (Fsp3) is 0.409. The molecular weight excluding hydrogens is 388 g/mol. The van der Waals surface area contributed by atoms with Gasteiger partial charge in [-0.25, -0.2) is 8.42 Å². The van der Waals surface area contributed by atoms with Crippen LogP contribution < -0.4 is 14.4 Å². The van der Waals surface area contributed by atoms with E-state index in [4.69, 9.17) is 4.74 Å². The smallest absolute Gasteiger partial charge is 0.243 e. The molecular formula is C22H30N2O4S. The second-order valence-corrected chi connectivity index (χ2v) is 9.47. The minimum Gasteiger partial charge on any atom is -0.491 e. The minimum absolute atomic E-state index is 0.282. The lowest BCUT2D eigenvalue weighted by molar-refractivity contribution is -0.122. The Morgan fingerprint density at radius 3 is 2.07 bits per heavy atom. The third-order valence-corrected chi connectivity index (χ3v) is 5.70. The highest BCUT2D eigenvalue weighted by molar-refractivity contribution is 7.92. The van der Waals surface area contributed by atoms with E-state index in [0.717, 1.165) is 33.0 Å². The fourth-order valence-electron chi connectivity index (χ4n) is 3.15. The molecule has 29 heavy (non-hydrogen) atoms. The highest BCUT2D eigenvalue weighted by Gasteiger charge is 2.30. The van der Waals surface area contributed by atoms with E-state index in [9.17, 15) is 13.2 Å². The number of carbonyl (C=O) groups is 1. The van der Waals surface area contributed by atoms with Gasteiger partial charge in [0.05, 0.1) is 18.0 Å². The summed E-state index contributed by atoms with van der Waals surface area (Å²) in [6.45, 7) is 9.47. The second-order valence-electron chi connectivity index (χ2n) is 7.61. The molecule has 2 atom stereocenters. The van der Waals surface area contributed by atoms with Gasteiger partial charge < -0.3 is 10.1 Å². The van der Waals surface area contributed by atoms with E-state index < -0.39 is 16.1 Å². The van der Waals surface area contributed by atoms with Gasteiger partial charge in [-0.2, -0.15) is 0 Å². The number of rotatable bonds is 8. The van der Waals surface area contributed by atoms with Gasteiger partial charge in [-0.05, 0) is 70.0 Å². The molecule has 0 aliphatic rings. The van der Waals surface area contributed by atoms with Gasteiger partial charge in [-0.3, -0.25) is 9.10 Å². The molecule has 0 spiro atoms. The zero-order valence-electron chi connectivity index (χ0n) is 17.9. The van der Waals surface area contributed by atoms with E-state index in [0.29, 0.717) is 5.69 Å². The number of ether oxygens (including phenoxy) is 1. The molecule has 158 valence electrons. The second kappa shape index (κ2) is 9.31. The number of hydrogen-bond donors (Lipinski definition) is 1. The van der Waals surface area contributed by atoms with Crippen molar-refractivity contribution in [2.24, 2.45) is 0 Å². The first-order chi connectivity index (χ1) is 13.5. The lowest BCUT2D eigenvalue weighted by Gasteiger charge is -2.29. The number of benzene rings is 2. The van der Waals surface area contributed by atoms with Crippen molar-refractivity contribution < 1.29 is 17.9 Å². The van der Waals surface area contributed by atoms with Crippen LogP contribution in [0.2, 0.25) is 0 Å². The molecule has 1 amide bonds. The number of nitrogens with zero attached hydrogens (tertiary/aromatic N) is 1. The Kier molecular flexibility index (Phi) is 7.30. The monoisotopic (exact) mass is 418 g/mol. The molecule has 2 aromatic carbocycles. The van der Waals surface area contributed by atoms with Crippen LogP contribution in [0.25, 0.3) is 0 Å². The van der Waals surface area contributed by atoms with Crippen LogP contribution in [-0.2, 0) is 14.8 Å². The molecule has 0 aromatic heterocycles. The molecule has 0 aliphatic carbocycles. The first-order valence-electron chi connectivity index (χ1n) is 9.55. The van der Waals surface area contributed by atoms with E-state index in [1.54, 1.807) is 19.1 Å². The average Bonchev–Trinajstić information content (AvgIpc) is 2.59. The van der Waals surface area contributed by atoms with Crippen molar-refractivity contribution in [1.82, 2.24) is 5.32 Å². The molecule has 0 fully saturated rings. The molecule has 7 heteroatoms. The van der Waals surface area contributed by atoms with E-state index in [1.165, 1.54) is 0 Å². The number of amides is 1. The highest BCUT2D eigenvalue weighted by Crippen LogP contribution is 2.24. The lowest BCUT2D eigenvalue weighted by Crippen LogP contribution is -2.50. The summed E-state index contributed by atoms with van der Waals surface area (Å²) in [5.41, 5.74) is 3.48. The summed E-state index contributed by atoms with van der Waals surface area (Å²) in [7, 11) is -3.65. The first kappa shape index (κ1) is 22.7. The number of anilines is 1. The lowest BCUT2D eigenvalue weighted by atomic mass is 10.1. The maximum atomic E-state index is 12.8. The van der Waals surface area contributed by atoms with Crippen molar-refractivity contribution >= 4 is 21.6 Å². The van der Waals surface area contributed by atoms with Crippen LogP contribution in [0, 0.1) is 20.8 Å². The fourth-order valence-corrected chi connectivity index (χ4v) is 4.31. The molecule has 0 saturated carbocycles. The van der Waals surface area contributed by atoms with E-state index in [2.05, 4.69) is 5.32 Å². The van der Waals surface area contributed by atoms with Gasteiger partial charge in [-0.1, -0.05) is 23.8 Å². The predicted octanol–water partition coefficient (Wildman–Crippen LogP) is 3.35. The van der Waals surface area contributed by atoms with Crippen molar-refractivity contribution in [3.8, 4) is 5.75 Å². The largest absolute Gasteiger partial charge is 0.491 e. The number of carbonyl (C=O) groups excluding carboxylic acids is 1. The topological polar surface area (TPSA) is 75.7 Å². The summed E-state index contributed by atoms with van der Waals surface area (Å²) < 4.78 is 31.8. The van der Waals surface area contributed by atoms with E-state index >= 15 is 0 Å². The van der Waals surface area contributed by atoms with Crippen LogP contribution in [0.3, 0.4) is 0 Å². The molecule has 0 aliphatic heterocycles. The molecule has 6 nitrogen and oxygen atoms in total. The highest BCUT2D eigenvalue weighted by atomic mass is 32.2. The molecule has 0 radical (unpaired) electrons. The zero-order valence-corrected chi connectivity index (χ0v) is 18.7. The summed E-state index contributed by atoms with van der Waals surface area (Å²) in [6, 6.07) is 12.0. The number of hydrogen-bond acceptors (Lipinski definition) is 4. The Balaban J connectivity index is 2.09. The Labute approximate surface area is 173 Å². The molecule has 0 bridgehead atoms. The van der Waals surface area contributed by atoms with Gasteiger partial charge in [0.15, 0.2) is 0 Å². The summed E-state index contributed by atoms with van der Waals surface area (Å²) in [4.78, 5) is 12.8. The van der Waals surface area contributed by atoms with Crippen molar-refractivity contribution in [3.05, 3.63) is 59.2 Å². The van der Waals surface area contributed by atoms with Crippen LogP contribution >= 0.6 is 0 Å². The first-order valence-corrected chi connectivity index (χ1v) is 11.4. The van der Waals surface area contributed by atoms with Crippen LogP contribution in [0.15, 0.2) is 42.5 Å². The number of aryl methyl sites for hydroxylation is 3.